The molecule has 2 heteroatoms. The molecule has 0 aliphatic carbocycles. The number of aliphatic hydroxyl groups excluding tert-OH is 1. The molecule has 0 aliphatic rings. The van der Waals surface area contributed by atoms with Crippen molar-refractivity contribution < 1.29 is 9.84 Å². The van der Waals surface area contributed by atoms with Crippen LogP contribution in [0.2, 0.25) is 0 Å². The zero-order valence-corrected chi connectivity index (χ0v) is 13.3. The minimum atomic E-state index is 0.0584. The van der Waals surface area contributed by atoms with Gasteiger partial charge in [0.05, 0.1) is 12.7 Å². The van der Waals surface area contributed by atoms with Crippen molar-refractivity contribution in [3.63, 3.8) is 0 Å². The molecule has 1 atom stereocenters. The maximum Gasteiger partial charge on any atom is 0.0802 e. The molecule has 0 spiro atoms. The van der Waals surface area contributed by atoms with Crippen molar-refractivity contribution in [2.75, 3.05) is 13.7 Å². The molecular weight excluding hydrogens is 236 g/mol. The molecule has 0 saturated carbocycles. The molecule has 19 heavy (non-hydrogen) atoms. The van der Waals surface area contributed by atoms with Crippen molar-refractivity contribution in [2.45, 2.75) is 96.5 Å². The van der Waals surface area contributed by atoms with Crippen LogP contribution in [0.3, 0.4) is 0 Å². The first-order valence-electron chi connectivity index (χ1n) is 8.48. The van der Waals surface area contributed by atoms with Crippen LogP contribution in [0.1, 0.15) is 90.4 Å². The normalized spacial score (nSPS) is 12.8. The second-order valence-corrected chi connectivity index (χ2v) is 5.72. The third kappa shape index (κ3) is 14.1. The first kappa shape index (κ1) is 18.9. The summed E-state index contributed by atoms with van der Waals surface area (Å²) in [6.45, 7) is 2.43. The van der Waals surface area contributed by atoms with E-state index in [2.05, 4.69) is 6.92 Å². The maximum atomic E-state index is 8.98. The average molecular weight is 272 g/mol. The molecular formula is C17H36O2. The molecule has 0 rings (SSSR count). The molecule has 0 fully saturated rings. The molecule has 1 unspecified atom stereocenters. The first-order chi connectivity index (χ1) is 9.35. The first-order valence-corrected chi connectivity index (χ1v) is 8.48. The highest BCUT2D eigenvalue weighted by Gasteiger charge is 2.03. The van der Waals surface area contributed by atoms with E-state index in [1.165, 1.54) is 77.0 Å². The van der Waals surface area contributed by atoms with Gasteiger partial charge < -0.3 is 9.84 Å². The molecule has 2 nitrogen and oxygen atoms in total. The SMILES string of the molecule is CCCCCCCCCCCCCCC(CO)OC. The van der Waals surface area contributed by atoms with Gasteiger partial charge in [-0.25, -0.2) is 0 Å². The Morgan fingerprint density at radius 3 is 1.53 bits per heavy atom. The Labute approximate surface area is 120 Å². The highest BCUT2D eigenvalue weighted by atomic mass is 16.5. The van der Waals surface area contributed by atoms with Crippen LogP contribution in [0.15, 0.2) is 0 Å². The van der Waals surface area contributed by atoms with Crippen LogP contribution in [0.5, 0.6) is 0 Å². The van der Waals surface area contributed by atoms with E-state index >= 15 is 0 Å². The Hall–Kier alpha value is -0.0800. The fraction of sp³-hybridized carbons (Fsp3) is 1.00. The van der Waals surface area contributed by atoms with Gasteiger partial charge in [-0.1, -0.05) is 84.0 Å². The lowest BCUT2D eigenvalue weighted by Crippen LogP contribution is -2.14. The van der Waals surface area contributed by atoms with Crippen LogP contribution in [0.4, 0.5) is 0 Å². The summed E-state index contributed by atoms with van der Waals surface area (Å²) in [5.74, 6) is 0. The molecule has 0 aliphatic heterocycles. The van der Waals surface area contributed by atoms with Gasteiger partial charge >= 0.3 is 0 Å². The average Bonchev–Trinajstić information content (AvgIpc) is 2.44. The summed E-state index contributed by atoms with van der Waals surface area (Å²) in [5, 5.41) is 8.98. The zero-order valence-electron chi connectivity index (χ0n) is 13.3. The largest absolute Gasteiger partial charge is 0.394 e. The van der Waals surface area contributed by atoms with Gasteiger partial charge in [0.15, 0.2) is 0 Å². The Kier molecular flexibility index (Phi) is 15.9. The van der Waals surface area contributed by atoms with E-state index in [4.69, 9.17) is 9.84 Å². The molecule has 0 radical (unpaired) electrons. The van der Waals surface area contributed by atoms with Gasteiger partial charge in [-0.05, 0) is 6.42 Å². The predicted octanol–water partition coefficient (Wildman–Crippen LogP) is 5.08. The molecule has 0 aromatic rings. The summed E-state index contributed by atoms with van der Waals surface area (Å²) in [7, 11) is 1.68. The molecule has 0 saturated heterocycles. The number of unbranched alkanes of at least 4 members (excludes halogenated alkanes) is 11. The Morgan fingerprint density at radius 1 is 0.737 bits per heavy atom. The van der Waals surface area contributed by atoms with Crippen LogP contribution < -0.4 is 0 Å². The topological polar surface area (TPSA) is 29.5 Å². The molecule has 116 valence electrons. The predicted molar refractivity (Wildman–Crippen MR) is 83.6 cm³/mol. The lowest BCUT2D eigenvalue weighted by Gasteiger charge is -2.11. The maximum absolute atomic E-state index is 8.98. The Morgan fingerprint density at radius 2 is 1.16 bits per heavy atom. The summed E-state index contributed by atoms with van der Waals surface area (Å²) in [5.41, 5.74) is 0. The number of rotatable bonds is 15. The van der Waals surface area contributed by atoms with Crippen LogP contribution in [0.25, 0.3) is 0 Å². The van der Waals surface area contributed by atoms with Crippen LogP contribution in [-0.4, -0.2) is 24.9 Å². The van der Waals surface area contributed by atoms with Gasteiger partial charge in [0.2, 0.25) is 0 Å². The second kappa shape index (κ2) is 16.0. The molecule has 0 amide bonds. The minimum Gasteiger partial charge on any atom is -0.394 e. The molecule has 0 bridgehead atoms. The zero-order chi connectivity index (χ0) is 14.2. The molecule has 1 N–H and O–H groups in total. The summed E-state index contributed by atoms with van der Waals surface area (Å²) >= 11 is 0. The smallest absolute Gasteiger partial charge is 0.0802 e. The fourth-order valence-corrected chi connectivity index (χ4v) is 2.50. The fourth-order valence-electron chi connectivity index (χ4n) is 2.50. The van der Waals surface area contributed by atoms with Crippen LogP contribution >= 0.6 is 0 Å². The van der Waals surface area contributed by atoms with Gasteiger partial charge in [-0.15, -0.1) is 0 Å². The number of methoxy groups -OCH3 is 1. The summed E-state index contributed by atoms with van der Waals surface area (Å²) in [6.07, 6.45) is 17.6. The van der Waals surface area contributed by atoms with Crippen molar-refractivity contribution in [3.05, 3.63) is 0 Å². The van der Waals surface area contributed by atoms with Crippen molar-refractivity contribution in [1.82, 2.24) is 0 Å². The second-order valence-electron chi connectivity index (χ2n) is 5.72. The monoisotopic (exact) mass is 272 g/mol. The number of hydrogen-bond acceptors (Lipinski definition) is 2. The van der Waals surface area contributed by atoms with Gasteiger partial charge in [0.1, 0.15) is 0 Å². The van der Waals surface area contributed by atoms with E-state index in [0.717, 1.165) is 6.42 Å². The highest BCUT2D eigenvalue weighted by molar-refractivity contribution is 4.55. The van der Waals surface area contributed by atoms with Crippen molar-refractivity contribution in [3.8, 4) is 0 Å². The van der Waals surface area contributed by atoms with E-state index in [-0.39, 0.29) is 12.7 Å². The molecule has 0 aromatic heterocycles. The van der Waals surface area contributed by atoms with Crippen LogP contribution in [-0.2, 0) is 4.74 Å². The van der Waals surface area contributed by atoms with Crippen molar-refractivity contribution in [2.24, 2.45) is 0 Å². The third-order valence-corrected chi connectivity index (χ3v) is 3.92. The summed E-state index contributed by atoms with van der Waals surface area (Å²) in [6, 6.07) is 0. The Bertz CT molecular complexity index is 155. The third-order valence-electron chi connectivity index (χ3n) is 3.92. The van der Waals surface area contributed by atoms with Gasteiger partial charge in [0.25, 0.3) is 0 Å². The van der Waals surface area contributed by atoms with Gasteiger partial charge in [-0.2, -0.15) is 0 Å². The van der Waals surface area contributed by atoms with Gasteiger partial charge in [0, 0.05) is 7.11 Å². The molecule has 0 aromatic carbocycles. The highest BCUT2D eigenvalue weighted by Crippen LogP contribution is 2.13. The van der Waals surface area contributed by atoms with Crippen molar-refractivity contribution in [1.29, 1.82) is 0 Å². The lowest BCUT2D eigenvalue weighted by atomic mass is 10.0. The Balaban J connectivity index is 3.02. The van der Waals surface area contributed by atoms with E-state index in [0.29, 0.717) is 0 Å². The standard InChI is InChI=1S/C17H36O2/c1-3-4-5-6-7-8-9-10-11-12-13-14-15-17(16-18)19-2/h17-18H,3-16H2,1-2H3. The summed E-state index contributed by atoms with van der Waals surface area (Å²) < 4.78 is 5.15. The lowest BCUT2D eigenvalue weighted by molar-refractivity contribution is 0.0415. The molecule has 0 heterocycles. The minimum absolute atomic E-state index is 0.0584. The van der Waals surface area contributed by atoms with Crippen LogP contribution in [0, 0.1) is 0 Å². The number of ether oxygens (including phenoxy) is 1. The number of aliphatic hydroxyl groups is 1. The van der Waals surface area contributed by atoms with Gasteiger partial charge in [-0.3, -0.25) is 0 Å². The van der Waals surface area contributed by atoms with E-state index in [1.54, 1.807) is 7.11 Å². The van der Waals surface area contributed by atoms with Crippen molar-refractivity contribution >= 4 is 0 Å². The van der Waals surface area contributed by atoms with E-state index < -0.39 is 0 Å². The van der Waals surface area contributed by atoms with E-state index in [1.807, 2.05) is 0 Å². The quantitative estimate of drug-likeness (QED) is 0.421. The summed E-state index contributed by atoms with van der Waals surface area (Å²) in [4.78, 5) is 0. The number of hydrogen-bond donors (Lipinski definition) is 1. The van der Waals surface area contributed by atoms with E-state index in [9.17, 15) is 0 Å².